The van der Waals surface area contributed by atoms with Crippen LogP contribution in [0.15, 0.2) is 35.4 Å². The molecule has 2 aromatic rings. The van der Waals surface area contributed by atoms with Crippen LogP contribution in [0.25, 0.3) is 0 Å². The standard InChI is InChI=1S/C13H9F3N2O2S/c14-7-1-3-8(4-2-7)21-6-10-17-5-9(13(19)20)11(18-10)12(15)16/h1-5,12H,6H2,(H,19,20). The van der Waals surface area contributed by atoms with Gasteiger partial charge in [-0.2, -0.15) is 0 Å². The summed E-state index contributed by atoms with van der Waals surface area (Å²) in [6.07, 6.45) is -2.12. The van der Waals surface area contributed by atoms with E-state index >= 15 is 0 Å². The Bertz CT molecular complexity index is 650. The van der Waals surface area contributed by atoms with Crippen molar-refractivity contribution in [3.63, 3.8) is 0 Å². The van der Waals surface area contributed by atoms with E-state index in [1.165, 1.54) is 23.9 Å². The van der Waals surface area contributed by atoms with Gasteiger partial charge < -0.3 is 5.11 Å². The predicted molar refractivity (Wildman–Crippen MR) is 69.9 cm³/mol. The van der Waals surface area contributed by atoms with Gasteiger partial charge in [0.15, 0.2) is 0 Å². The maximum absolute atomic E-state index is 12.8. The third kappa shape index (κ3) is 3.94. The average Bonchev–Trinajstić information content (AvgIpc) is 2.46. The van der Waals surface area contributed by atoms with Crippen molar-refractivity contribution < 1.29 is 23.1 Å². The number of halogens is 3. The van der Waals surface area contributed by atoms with E-state index in [9.17, 15) is 18.0 Å². The summed E-state index contributed by atoms with van der Waals surface area (Å²) < 4.78 is 38.3. The van der Waals surface area contributed by atoms with Crippen LogP contribution in [0.2, 0.25) is 0 Å². The van der Waals surface area contributed by atoms with E-state index in [0.29, 0.717) is 0 Å². The second kappa shape index (κ2) is 6.57. The van der Waals surface area contributed by atoms with Gasteiger partial charge in [0.1, 0.15) is 22.9 Å². The fourth-order valence-electron chi connectivity index (χ4n) is 1.51. The monoisotopic (exact) mass is 314 g/mol. The molecule has 0 aliphatic rings. The summed E-state index contributed by atoms with van der Waals surface area (Å²) >= 11 is 1.23. The smallest absolute Gasteiger partial charge is 0.339 e. The lowest BCUT2D eigenvalue weighted by atomic mass is 10.2. The van der Waals surface area contributed by atoms with Crippen LogP contribution in [0.3, 0.4) is 0 Å². The lowest BCUT2D eigenvalue weighted by Crippen LogP contribution is -2.09. The molecule has 1 N–H and O–H groups in total. The molecule has 0 radical (unpaired) electrons. The number of aromatic nitrogens is 2. The minimum Gasteiger partial charge on any atom is -0.478 e. The minimum atomic E-state index is -2.99. The number of rotatable bonds is 5. The molecule has 0 unspecified atom stereocenters. The highest BCUT2D eigenvalue weighted by molar-refractivity contribution is 7.98. The largest absolute Gasteiger partial charge is 0.478 e. The van der Waals surface area contributed by atoms with Crippen LogP contribution < -0.4 is 0 Å². The number of hydrogen-bond acceptors (Lipinski definition) is 4. The Morgan fingerprint density at radius 2 is 1.95 bits per heavy atom. The highest BCUT2D eigenvalue weighted by atomic mass is 32.2. The van der Waals surface area contributed by atoms with Gasteiger partial charge in [-0.15, -0.1) is 11.8 Å². The molecule has 8 heteroatoms. The zero-order valence-corrected chi connectivity index (χ0v) is 11.3. The van der Waals surface area contributed by atoms with Gasteiger partial charge in [0.2, 0.25) is 0 Å². The molecular formula is C13H9F3N2O2S. The highest BCUT2D eigenvalue weighted by Gasteiger charge is 2.21. The average molecular weight is 314 g/mol. The Morgan fingerprint density at radius 1 is 1.29 bits per heavy atom. The van der Waals surface area contributed by atoms with E-state index in [1.54, 1.807) is 12.1 Å². The van der Waals surface area contributed by atoms with Crippen LogP contribution in [0.4, 0.5) is 13.2 Å². The molecule has 0 saturated carbocycles. The Hall–Kier alpha value is -2.09. The van der Waals surface area contributed by atoms with Gasteiger partial charge in [-0.25, -0.2) is 27.9 Å². The first-order valence-corrected chi connectivity index (χ1v) is 6.71. The molecule has 0 bridgehead atoms. The first-order valence-electron chi connectivity index (χ1n) is 5.73. The molecule has 0 saturated heterocycles. The number of nitrogens with zero attached hydrogens (tertiary/aromatic N) is 2. The van der Waals surface area contributed by atoms with Crippen molar-refractivity contribution in [1.29, 1.82) is 0 Å². The van der Waals surface area contributed by atoms with Gasteiger partial charge >= 0.3 is 5.97 Å². The zero-order chi connectivity index (χ0) is 15.4. The molecule has 110 valence electrons. The fraction of sp³-hybridized carbons (Fsp3) is 0.154. The topological polar surface area (TPSA) is 63.1 Å². The van der Waals surface area contributed by atoms with Crippen molar-refractivity contribution in [2.24, 2.45) is 0 Å². The van der Waals surface area contributed by atoms with E-state index in [2.05, 4.69) is 9.97 Å². The molecule has 1 aromatic carbocycles. The zero-order valence-electron chi connectivity index (χ0n) is 10.5. The van der Waals surface area contributed by atoms with Crippen LogP contribution in [0, 0.1) is 5.82 Å². The summed E-state index contributed by atoms with van der Waals surface area (Å²) in [5.41, 5.74) is -1.41. The van der Waals surface area contributed by atoms with Crippen LogP contribution in [-0.2, 0) is 5.75 Å². The normalized spacial score (nSPS) is 10.9. The van der Waals surface area contributed by atoms with Crippen LogP contribution in [0.5, 0.6) is 0 Å². The number of carboxylic acids is 1. The van der Waals surface area contributed by atoms with E-state index in [4.69, 9.17) is 5.11 Å². The Balaban J connectivity index is 2.15. The van der Waals surface area contributed by atoms with Gasteiger partial charge in [0.05, 0.1) is 5.75 Å². The molecule has 0 spiro atoms. The number of thioether (sulfide) groups is 1. The third-order valence-corrected chi connectivity index (χ3v) is 3.49. The van der Waals surface area contributed by atoms with E-state index in [1.807, 2.05) is 0 Å². The molecular weight excluding hydrogens is 305 g/mol. The van der Waals surface area contributed by atoms with Crippen molar-refractivity contribution in [1.82, 2.24) is 9.97 Å². The van der Waals surface area contributed by atoms with Gasteiger partial charge in [-0.3, -0.25) is 0 Å². The lowest BCUT2D eigenvalue weighted by molar-refractivity contribution is 0.0681. The molecule has 0 amide bonds. The number of carboxylic acid groups (broad SMARTS) is 1. The van der Waals surface area contributed by atoms with Gasteiger partial charge in [0, 0.05) is 11.1 Å². The molecule has 0 aliphatic carbocycles. The predicted octanol–water partition coefficient (Wildman–Crippen LogP) is 3.54. The molecule has 0 fully saturated rings. The van der Waals surface area contributed by atoms with E-state index < -0.39 is 23.7 Å². The van der Waals surface area contributed by atoms with Crippen molar-refractivity contribution >= 4 is 17.7 Å². The molecule has 4 nitrogen and oxygen atoms in total. The maximum atomic E-state index is 12.8. The second-order valence-corrected chi connectivity index (χ2v) is 4.98. The summed E-state index contributed by atoms with van der Waals surface area (Å²) in [4.78, 5) is 18.9. The van der Waals surface area contributed by atoms with Crippen molar-refractivity contribution in [3.8, 4) is 0 Å². The van der Waals surface area contributed by atoms with E-state index in [-0.39, 0.29) is 17.4 Å². The fourth-order valence-corrected chi connectivity index (χ4v) is 2.28. The Kier molecular flexibility index (Phi) is 4.79. The lowest BCUT2D eigenvalue weighted by Gasteiger charge is -2.06. The van der Waals surface area contributed by atoms with Crippen molar-refractivity contribution in [3.05, 3.63) is 53.4 Å². The molecule has 1 heterocycles. The number of benzene rings is 1. The summed E-state index contributed by atoms with van der Waals surface area (Å²) in [5.74, 6) is -1.61. The quantitative estimate of drug-likeness (QED) is 0.855. The number of hydrogen-bond donors (Lipinski definition) is 1. The third-order valence-electron chi connectivity index (χ3n) is 2.49. The van der Waals surface area contributed by atoms with Crippen LogP contribution >= 0.6 is 11.8 Å². The summed E-state index contributed by atoms with van der Waals surface area (Å²) in [7, 11) is 0. The molecule has 1 aromatic heterocycles. The maximum Gasteiger partial charge on any atom is 0.339 e. The minimum absolute atomic E-state index is 0.0876. The van der Waals surface area contributed by atoms with Gasteiger partial charge in [-0.1, -0.05) is 0 Å². The van der Waals surface area contributed by atoms with E-state index in [0.717, 1.165) is 11.1 Å². The number of aromatic carboxylic acids is 1. The van der Waals surface area contributed by atoms with Gasteiger partial charge in [0.25, 0.3) is 6.43 Å². The van der Waals surface area contributed by atoms with Crippen LogP contribution in [0.1, 0.15) is 28.3 Å². The second-order valence-electron chi connectivity index (χ2n) is 3.93. The van der Waals surface area contributed by atoms with Crippen LogP contribution in [-0.4, -0.2) is 21.0 Å². The molecule has 21 heavy (non-hydrogen) atoms. The number of alkyl halides is 2. The van der Waals surface area contributed by atoms with Crippen molar-refractivity contribution in [2.75, 3.05) is 0 Å². The SMILES string of the molecule is O=C(O)c1cnc(CSc2ccc(F)cc2)nc1C(F)F. The first kappa shape index (κ1) is 15.3. The highest BCUT2D eigenvalue weighted by Crippen LogP contribution is 2.24. The summed E-state index contributed by atoms with van der Waals surface area (Å²) in [6.45, 7) is 0. The summed E-state index contributed by atoms with van der Waals surface area (Å²) in [6, 6.07) is 5.64. The molecule has 0 aliphatic heterocycles. The Morgan fingerprint density at radius 3 is 2.52 bits per heavy atom. The number of carbonyl (C=O) groups is 1. The summed E-state index contributed by atoms with van der Waals surface area (Å²) in [5, 5.41) is 8.79. The Labute approximate surface area is 122 Å². The van der Waals surface area contributed by atoms with Crippen molar-refractivity contribution in [2.45, 2.75) is 17.1 Å². The molecule has 0 atom stereocenters. The van der Waals surface area contributed by atoms with Gasteiger partial charge in [-0.05, 0) is 24.3 Å². The molecule has 2 rings (SSSR count). The first-order chi connectivity index (χ1) is 9.97.